The molecule has 0 fully saturated rings. The summed E-state index contributed by atoms with van der Waals surface area (Å²) in [6.45, 7) is 9.08. The standard InChI is InChI=1S/C10H16O2/c1-5-6-10(4,9(11)12)7-8(2)3/h6,8H,1,7H2,2-4H3,(H,11,12). The summed E-state index contributed by atoms with van der Waals surface area (Å²) in [4.78, 5) is 10.8. The summed E-state index contributed by atoms with van der Waals surface area (Å²) in [5, 5.41) is 8.91. The highest BCUT2D eigenvalue weighted by Crippen LogP contribution is 2.27. The van der Waals surface area contributed by atoms with Gasteiger partial charge in [-0.25, -0.2) is 0 Å². The first kappa shape index (κ1) is 11.0. The van der Waals surface area contributed by atoms with Crippen LogP contribution >= 0.6 is 0 Å². The fourth-order valence-electron chi connectivity index (χ4n) is 1.28. The topological polar surface area (TPSA) is 37.3 Å². The maximum atomic E-state index is 10.8. The van der Waals surface area contributed by atoms with Crippen molar-refractivity contribution in [1.82, 2.24) is 0 Å². The molecule has 0 saturated heterocycles. The average molecular weight is 168 g/mol. The molecule has 0 aliphatic rings. The van der Waals surface area contributed by atoms with Crippen molar-refractivity contribution >= 4 is 5.97 Å². The summed E-state index contributed by atoms with van der Waals surface area (Å²) in [6.07, 6.45) is 2.14. The Labute approximate surface area is 73.6 Å². The lowest BCUT2D eigenvalue weighted by Gasteiger charge is -2.21. The van der Waals surface area contributed by atoms with Crippen LogP contribution in [0.5, 0.6) is 0 Å². The summed E-state index contributed by atoms with van der Waals surface area (Å²) in [5.41, 5.74) is 1.73. The molecule has 0 rings (SSSR count). The molecule has 0 aromatic rings. The smallest absolute Gasteiger partial charge is 0.313 e. The molecule has 0 amide bonds. The average Bonchev–Trinajstić information content (AvgIpc) is 1.85. The quantitative estimate of drug-likeness (QED) is 0.655. The Morgan fingerprint density at radius 3 is 2.50 bits per heavy atom. The van der Waals surface area contributed by atoms with Crippen LogP contribution < -0.4 is 0 Å². The van der Waals surface area contributed by atoms with Crippen LogP contribution in [0.15, 0.2) is 18.4 Å². The molecule has 0 aliphatic carbocycles. The Bertz CT molecular complexity index is 208. The number of carbonyl (C=O) groups is 1. The van der Waals surface area contributed by atoms with Gasteiger partial charge in [-0.15, -0.1) is 5.73 Å². The molecule has 2 nitrogen and oxygen atoms in total. The van der Waals surface area contributed by atoms with Crippen molar-refractivity contribution in [3.63, 3.8) is 0 Å². The van der Waals surface area contributed by atoms with E-state index in [0.717, 1.165) is 0 Å². The first-order valence-corrected chi connectivity index (χ1v) is 4.03. The molecule has 0 radical (unpaired) electrons. The summed E-state index contributed by atoms with van der Waals surface area (Å²) in [6, 6.07) is 0. The fraction of sp³-hybridized carbons (Fsp3) is 0.600. The molecule has 0 heterocycles. The summed E-state index contributed by atoms with van der Waals surface area (Å²) >= 11 is 0. The number of hydrogen-bond acceptors (Lipinski definition) is 1. The number of carboxylic acids is 1. The first-order valence-electron chi connectivity index (χ1n) is 4.03. The van der Waals surface area contributed by atoms with Gasteiger partial charge in [-0.2, -0.15) is 0 Å². The highest BCUT2D eigenvalue weighted by Gasteiger charge is 2.30. The Kier molecular flexibility index (Phi) is 3.78. The minimum atomic E-state index is -0.813. The summed E-state index contributed by atoms with van der Waals surface area (Å²) in [7, 11) is 0. The normalized spacial score (nSPS) is 15.0. The van der Waals surface area contributed by atoms with Crippen molar-refractivity contribution in [3.05, 3.63) is 18.4 Å². The molecule has 68 valence electrons. The van der Waals surface area contributed by atoms with Gasteiger partial charge in [0.05, 0.1) is 5.41 Å². The zero-order valence-corrected chi connectivity index (χ0v) is 7.92. The van der Waals surface area contributed by atoms with Gasteiger partial charge in [-0.1, -0.05) is 20.4 Å². The van der Waals surface area contributed by atoms with Crippen molar-refractivity contribution in [1.29, 1.82) is 0 Å². The third-order valence-corrected chi connectivity index (χ3v) is 1.74. The monoisotopic (exact) mass is 168 g/mol. The Morgan fingerprint density at radius 2 is 2.25 bits per heavy atom. The van der Waals surface area contributed by atoms with Gasteiger partial charge in [0.25, 0.3) is 0 Å². The second kappa shape index (κ2) is 4.13. The summed E-state index contributed by atoms with van der Waals surface area (Å²) in [5.74, 6) is -0.456. The number of carboxylic acid groups (broad SMARTS) is 1. The van der Waals surface area contributed by atoms with Gasteiger partial charge in [0.2, 0.25) is 0 Å². The van der Waals surface area contributed by atoms with Crippen molar-refractivity contribution in [2.75, 3.05) is 0 Å². The predicted octanol–water partition coefficient (Wildman–Crippen LogP) is 2.46. The number of rotatable bonds is 4. The minimum absolute atomic E-state index is 0.357. The van der Waals surface area contributed by atoms with Crippen LogP contribution in [-0.4, -0.2) is 11.1 Å². The molecule has 0 spiro atoms. The van der Waals surface area contributed by atoms with Gasteiger partial charge in [-0.3, -0.25) is 4.79 Å². The van der Waals surface area contributed by atoms with Crippen molar-refractivity contribution in [3.8, 4) is 0 Å². The van der Waals surface area contributed by atoms with Gasteiger partial charge in [-0.05, 0) is 25.3 Å². The van der Waals surface area contributed by atoms with Crippen LogP contribution in [0.3, 0.4) is 0 Å². The molecule has 1 N–H and O–H groups in total. The lowest BCUT2D eigenvalue weighted by molar-refractivity contribution is -0.145. The summed E-state index contributed by atoms with van der Waals surface area (Å²) < 4.78 is 0. The van der Waals surface area contributed by atoms with E-state index in [1.54, 1.807) is 6.92 Å². The fourth-order valence-corrected chi connectivity index (χ4v) is 1.28. The van der Waals surface area contributed by atoms with Crippen LogP contribution in [0, 0.1) is 11.3 Å². The van der Waals surface area contributed by atoms with Crippen LogP contribution in [0.25, 0.3) is 0 Å². The third kappa shape index (κ3) is 2.93. The minimum Gasteiger partial charge on any atom is -0.481 e. The third-order valence-electron chi connectivity index (χ3n) is 1.74. The molecule has 0 bridgehead atoms. The Hall–Kier alpha value is -1.01. The molecule has 12 heavy (non-hydrogen) atoms. The van der Waals surface area contributed by atoms with Crippen molar-refractivity contribution in [2.45, 2.75) is 27.2 Å². The van der Waals surface area contributed by atoms with E-state index >= 15 is 0 Å². The Morgan fingerprint density at radius 1 is 1.75 bits per heavy atom. The molecular weight excluding hydrogens is 152 g/mol. The van der Waals surface area contributed by atoms with Gasteiger partial charge < -0.3 is 5.11 Å². The van der Waals surface area contributed by atoms with Gasteiger partial charge in [0, 0.05) is 0 Å². The first-order chi connectivity index (χ1) is 5.42. The predicted molar refractivity (Wildman–Crippen MR) is 48.9 cm³/mol. The molecule has 0 saturated carbocycles. The highest BCUT2D eigenvalue weighted by molar-refractivity contribution is 5.76. The Balaban J connectivity index is 4.62. The maximum absolute atomic E-state index is 10.8. The molecule has 0 aromatic carbocycles. The van der Waals surface area contributed by atoms with Crippen LogP contribution in [0.2, 0.25) is 0 Å². The van der Waals surface area contributed by atoms with E-state index in [1.807, 2.05) is 13.8 Å². The van der Waals surface area contributed by atoms with Crippen LogP contribution in [-0.2, 0) is 4.79 Å². The van der Waals surface area contributed by atoms with Gasteiger partial charge >= 0.3 is 5.97 Å². The highest BCUT2D eigenvalue weighted by atomic mass is 16.4. The van der Waals surface area contributed by atoms with E-state index in [0.29, 0.717) is 12.3 Å². The molecule has 0 aliphatic heterocycles. The lowest BCUT2D eigenvalue weighted by Crippen LogP contribution is -2.26. The van der Waals surface area contributed by atoms with E-state index in [-0.39, 0.29) is 0 Å². The second-order valence-corrected chi connectivity index (χ2v) is 3.67. The maximum Gasteiger partial charge on any atom is 0.313 e. The molecular formula is C10H16O2. The zero-order valence-electron chi connectivity index (χ0n) is 7.92. The van der Waals surface area contributed by atoms with E-state index in [2.05, 4.69) is 12.3 Å². The zero-order chi connectivity index (χ0) is 9.78. The lowest BCUT2D eigenvalue weighted by atomic mass is 9.82. The van der Waals surface area contributed by atoms with Gasteiger partial charge in [0.15, 0.2) is 0 Å². The second-order valence-electron chi connectivity index (χ2n) is 3.67. The van der Waals surface area contributed by atoms with Crippen LogP contribution in [0.4, 0.5) is 0 Å². The van der Waals surface area contributed by atoms with Crippen LogP contribution in [0.1, 0.15) is 27.2 Å². The van der Waals surface area contributed by atoms with Crippen molar-refractivity contribution in [2.24, 2.45) is 11.3 Å². The molecule has 1 unspecified atom stereocenters. The van der Waals surface area contributed by atoms with E-state index in [4.69, 9.17) is 5.11 Å². The molecule has 2 heteroatoms. The molecule has 1 atom stereocenters. The van der Waals surface area contributed by atoms with Gasteiger partial charge in [0.1, 0.15) is 0 Å². The molecule has 0 aromatic heterocycles. The van der Waals surface area contributed by atoms with E-state index < -0.39 is 11.4 Å². The SMILES string of the molecule is C=C=CC(C)(CC(C)C)C(=O)O. The largest absolute Gasteiger partial charge is 0.481 e. The number of hydrogen-bond donors (Lipinski definition) is 1. The van der Waals surface area contributed by atoms with Crippen molar-refractivity contribution < 1.29 is 9.90 Å². The van der Waals surface area contributed by atoms with E-state index in [9.17, 15) is 4.79 Å². The van der Waals surface area contributed by atoms with E-state index in [1.165, 1.54) is 6.08 Å². The number of aliphatic carboxylic acids is 1.